The van der Waals surface area contributed by atoms with E-state index < -0.39 is 12.3 Å². The molecule has 0 amide bonds. The predicted molar refractivity (Wildman–Crippen MR) is 25.5 cm³/mol. The lowest BCUT2D eigenvalue weighted by Crippen LogP contribution is -2.09. The Morgan fingerprint density at radius 3 is 2.12 bits per heavy atom. The Morgan fingerprint density at radius 1 is 1.50 bits per heavy atom. The van der Waals surface area contributed by atoms with Crippen LogP contribution < -0.4 is 0 Å². The molecule has 8 heavy (non-hydrogen) atoms. The molecule has 5 nitrogen and oxygen atoms in total. The van der Waals surface area contributed by atoms with Crippen molar-refractivity contribution in [1.82, 2.24) is 0 Å². The van der Waals surface area contributed by atoms with E-state index >= 15 is 0 Å². The summed E-state index contributed by atoms with van der Waals surface area (Å²) in [5.41, 5.74) is 0. The lowest BCUT2D eigenvalue weighted by molar-refractivity contribution is 0.0867. The lowest BCUT2D eigenvalue weighted by Gasteiger charge is -1.92. The van der Waals surface area contributed by atoms with Gasteiger partial charge in [-0.3, -0.25) is 0 Å². The van der Waals surface area contributed by atoms with Crippen LogP contribution in [0.25, 0.3) is 0 Å². The summed E-state index contributed by atoms with van der Waals surface area (Å²) < 4.78 is 7.45. The highest BCUT2D eigenvalue weighted by atomic mass is 28.2. The van der Waals surface area contributed by atoms with Crippen LogP contribution in [-0.4, -0.2) is 27.9 Å². The Kier molecular flexibility index (Phi) is 2.63. The van der Waals surface area contributed by atoms with Crippen molar-refractivity contribution < 1.29 is 23.9 Å². The highest BCUT2D eigenvalue weighted by molar-refractivity contribution is 6.04. The monoisotopic (exact) mass is 136 g/mol. The lowest BCUT2D eigenvalue weighted by atomic mass is 11.3. The summed E-state index contributed by atoms with van der Waals surface area (Å²) in [6, 6.07) is 0. The molecule has 0 spiro atoms. The van der Waals surface area contributed by atoms with Crippen molar-refractivity contribution in [3.63, 3.8) is 0 Å². The van der Waals surface area contributed by atoms with Gasteiger partial charge in [0.15, 0.2) is 0 Å². The van der Waals surface area contributed by atoms with Gasteiger partial charge in [-0.15, -0.1) is 0 Å². The van der Waals surface area contributed by atoms with Crippen LogP contribution >= 0.6 is 0 Å². The van der Waals surface area contributed by atoms with E-state index in [9.17, 15) is 9.59 Å². The van der Waals surface area contributed by atoms with Gasteiger partial charge in [-0.2, -0.15) is 0 Å². The van der Waals surface area contributed by atoms with Crippen LogP contribution in [0.1, 0.15) is 0 Å². The van der Waals surface area contributed by atoms with Gasteiger partial charge in [-0.25, -0.2) is 9.59 Å². The van der Waals surface area contributed by atoms with Crippen LogP contribution in [0, 0.1) is 0 Å². The van der Waals surface area contributed by atoms with Crippen LogP contribution in [-0.2, 0) is 9.16 Å². The van der Waals surface area contributed by atoms with Gasteiger partial charge in [0.05, 0.1) is 0 Å². The first-order valence-corrected chi connectivity index (χ1v) is 2.47. The zero-order valence-electron chi connectivity index (χ0n) is 4.08. The van der Waals surface area contributed by atoms with Crippen molar-refractivity contribution in [2.75, 3.05) is 0 Å². The van der Waals surface area contributed by atoms with Gasteiger partial charge in [-0.05, 0) is 0 Å². The van der Waals surface area contributed by atoms with Crippen molar-refractivity contribution in [1.29, 1.82) is 0 Å². The van der Waals surface area contributed by atoms with Crippen LogP contribution in [0.3, 0.4) is 0 Å². The fourth-order valence-corrected chi connectivity index (χ4v) is 0.196. The molecule has 6 heteroatoms. The van der Waals surface area contributed by atoms with Gasteiger partial charge >= 0.3 is 12.3 Å². The summed E-state index contributed by atoms with van der Waals surface area (Å²) in [4.78, 5) is 19.3. The van der Waals surface area contributed by atoms with Gasteiger partial charge in [0.1, 0.15) is 0 Å². The number of carbonyl (C=O) groups excluding carboxylic acids is 1. The van der Waals surface area contributed by atoms with Crippen molar-refractivity contribution in [2.24, 2.45) is 0 Å². The Bertz CT molecular complexity index is 109. The number of hydrogen-bond acceptors (Lipinski definition) is 4. The molecular formula is C2H4O5Si. The molecular weight excluding hydrogens is 132 g/mol. The largest absolute Gasteiger partial charge is 0.516 e. The van der Waals surface area contributed by atoms with Gasteiger partial charge in [0.25, 0.3) is 0 Å². The van der Waals surface area contributed by atoms with Gasteiger partial charge < -0.3 is 14.3 Å². The Labute approximate surface area is 47.7 Å². The first-order valence-electron chi connectivity index (χ1n) is 1.65. The highest BCUT2D eigenvalue weighted by Crippen LogP contribution is 1.79. The maximum absolute atomic E-state index is 9.83. The molecule has 0 atom stereocenters. The average Bonchev–Trinajstić information content (AvgIpc) is 1.65. The van der Waals surface area contributed by atoms with Crippen LogP contribution in [0.4, 0.5) is 9.59 Å². The molecule has 0 aromatic carbocycles. The minimum absolute atomic E-state index is 0.140. The van der Waals surface area contributed by atoms with Gasteiger partial charge in [0, 0.05) is 0 Å². The van der Waals surface area contributed by atoms with Crippen LogP contribution in [0.15, 0.2) is 0 Å². The van der Waals surface area contributed by atoms with E-state index in [-0.39, 0.29) is 10.5 Å². The molecule has 0 fully saturated rings. The van der Waals surface area contributed by atoms with E-state index in [2.05, 4.69) is 9.16 Å². The van der Waals surface area contributed by atoms with Crippen molar-refractivity contribution in [2.45, 2.75) is 0 Å². The fourth-order valence-electron chi connectivity index (χ4n) is 0.113. The second-order valence-electron chi connectivity index (χ2n) is 0.822. The first kappa shape index (κ1) is 6.96. The standard InChI is InChI=1S/C2H4O5Si/c3-1(4)6-2(5)7-8/h8H3,(H,3,4). The SMILES string of the molecule is O=C(O)OC(=O)O[SiH3]. The third-order valence-corrected chi connectivity index (χ3v) is 0.671. The summed E-state index contributed by atoms with van der Waals surface area (Å²) in [5, 5.41) is 7.71. The van der Waals surface area contributed by atoms with Gasteiger partial charge in [0.2, 0.25) is 10.5 Å². The maximum atomic E-state index is 9.83. The second-order valence-corrected chi connectivity index (χ2v) is 1.23. The Hall–Kier alpha value is -1.04. The summed E-state index contributed by atoms with van der Waals surface area (Å²) >= 11 is 0. The Morgan fingerprint density at radius 2 is 2.00 bits per heavy atom. The number of hydrogen-bond donors (Lipinski definition) is 1. The minimum Gasteiger partial charge on any atom is -0.498 e. The number of carboxylic acid groups (broad SMARTS) is 1. The van der Waals surface area contributed by atoms with E-state index in [1.165, 1.54) is 0 Å². The highest BCUT2D eigenvalue weighted by Gasteiger charge is 2.04. The predicted octanol–water partition coefficient (Wildman–Crippen LogP) is -0.902. The first-order chi connectivity index (χ1) is 3.66. The molecule has 1 N–H and O–H groups in total. The molecule has 0 saturated carbocycles. The van der Waals surface area contributed by atoms with Crippen molar-refractivity contribution in [3.05, 3.63) is 0 Å². The quantitative estimate of drug-likeness (QED) is 0.265. The van der Waals surface area contributed by atoms with E-state index in [1.54, 1.807) is 0 Å². The van der Waals surface area contributed by atoms with E-state index in [1.807, 2.05) is 0 Å². The third kappa shape index (κ3) is 3.16. The normalized spacial score (nSPS) is 8.00. The zero-order valence-corrected chi connectivity index (χ0v) is 6.08. The van der Waals surface area contributed by atoms with Crippen LogP contribution in [0.2, 0.25) is 0 Å². The van der Waals surface area contributed by atoms with Crippen LogP contribution in [0.5, 0.6) is 0 Å². The fraction of sp³-hybridized carbons (Fsp3) is 0. The molecule has 0 aromatic heterocycles. The smallest absolute Gasteiger partial charge is 0.498 e. The van der Waals surface area contributed by atoms with Crippen molar-refractivity contribution >= 4 is 22.8 Å². The summed E-state index contributed by atoms with van der Waals surface area (Å²) in [6.45, 7) is 0. The summed E-state index contributed by atoms with van der Waals surface area (Å²) in [7, 11) is 0.140. The maximum Gasteiger partial charge on any atom is 0.516 e. The molecule has 0 aliphatic rings. The number of carbonyl (C=O) groups is 2. The molecule has 0 aliphatic carbocycles. The molecule has 0 rings (SSSR count). The molecule has 0 radical (unpaired) electrons. The number of ether oxygens (including phenoxy) is 1. The zero-order chi connectivity index (χ0) is 6.57. The molecule has 0 aromatic rings. The second kappa shape index (κ2) is 3.02. The molecule has 0 aliphatic heterocycles. The van der Waals surface area contributed by atoms with Gasteiger partial charge in [-0.1, -0.05) is 0 Å². The number of rotatable bonds is 0. The molecule has 0 saturated heterocycles. The van der Waals surface area contributed by atoms with E-state index in [0.29, 0.717) is 0 Å². The molecule has 0 bridgehead atoms. The topological polar surface area (TPSA) is 72.8 Å². The average molecular weight is 136 g/mol. The molecule has 0 unspecified atom stereocenters. The van der Waals surface area contributed by atoms with Crippen molar-refractivity contribution in [3.8, 4) is 0 Å². The molecule has 46 valence electrons. The third-order valence-electron chi connectivity index (χ3n) is 0.337. The summed E-state index contributed by atoms with van der Waals surface area (Å²) in [5.74, 6) is 0. The van der Waals surface area contributed by atoms with E-state index in [0.717, 1.165) is 0 Å². The summed E-state index contributed by atoms with van der Waals surface area (Å²) in [6.07, 6.45) is -2.81. The molecule has 0 heterocycles. The Balaban J connectivity index is 3.40. The van der Waals surface area contributed by atoms with E-state index in [4.69, 9.17) is 5.11 Å². The minimum atomic E-state index is -1.65.